The third-order valence-corrected chi connectivity index (χ3v) is 2.79. The molecule has 1 aromatic carbocycles. The summed E-state index contributed by atoms with van der Waals surface area (Å²) in [4.78, 5) is 14.9. The lowest BCUT2D eigenvalue weighted by atomic mass is 10.2. The third-order valence-electron chi connectivity index (χ3n) is 2.60. The third kappa shape index (κ3) is 3.90. The molecule has 0 spiro atoms. The van der Waals surface area contributed by atoms with Gasteiger partial charge in [0.25, 0.3) is 4.84 Å². The Morgan fingerprint density at radius 1 is 1.53 bits per heavy atom. The zero-order valence-electron chi connectivity index (χ0n) is 10.7. The van der Waals surface area contributed by atoms with Crippen molar-refractivity contribution in [1.29, 1.82) is 0 Å². The fraction of sp³-hybridized carbons (Fsp3) is 0.385. The molecule has 2 N–H and O–H groups in total. The first-order chi connectivity index (χ1) is 9.19. The minimum Gasteiger partial charge on any atom is -0.429 e. The first-order valence-corrected chi connectivity index (χ1v) is 6.60. The lowest BCUT2D eigenvalue weighted by molar-refractivity contribution is -0.116. The summed E-state index contributed by atoms with van der Waals surface area (Å²) in [7, 11) is 0. The number of carbonyl (C=O) groups excluding carboxylic acids is 1. The van der Waals surface area contributed by atoms with Gasteiger partial charge in [0, 0.05) is 31.4 Å². The topological polar surface area (TPSA) is 67.3 Å². The van der Waals surface area contributed by atoms with Gasteiger partial charge in [-0.15, -0.1) is 0 Å². The van der Waals surface area contributed by atoms with Crippen molar-refractivity contribution in [2.75, 3.05) is 18.5 Å². The first kappa shape index (κ1) is 13.8. The van der Waals surface area contributed by atoms with Crippen molar-refractivity contribution in [3.8, 4) is 0 Å². The number of aromatic nitrogens is 1. The quantitative estimate of drug-likeness (QED) is 0.629. The average Bonchev–Trinajstić information content (AvgIpc) is 2.74. The molecule has 0 saturated heterocycles. The summed E-state index contributed by atoms with van der Waals surface area (Å²) in [5.74, 6) is -0.0341. The Kier molecular flexibility index (Phi) is 4.70. The summed E-state index contributed by atoms with van der Waals surface area (Å²) in [6.07, 6.45) is 1.15. The van der Waals surface area contributed by atoms with Crippen LogP contribution in [0.4, 0.5) is 5.69 Å². The van der Waals surface area contributed by atoms with Crippen molar-refractivity contribution in [3.05, 3.63) is 23.0 Å². The molecule has 1 heterocycles. The van der Waals surface area contributed by atoms with E-state index in [0.717, 1.165) is 5.52 Å². The van der Waals surface area contributed by atoms with Gasteiger partial charge in [-0.2, -0.15) is 0 Å². The highest BCUT2D eigenvalue weighted by Crippen LogP contribution is 2.18. The van der Waals surface area contributed by atoms with Crippen LogP contribution < -0.4 is 5.32 Å². The highest BCUT2D eigenvalue weighted by Gasteiger charge is 2.05. The number of carbonyl (C=O) groups is 1. The van der Waals surface area contributed by atoms with E-state index in [1.165, 1.54) is 0 Å². The summed E-state index contributed by atoms with van der Waals surface area (Å²) >= 11 is 4.90. The van der Waals surface area contributed by atoms with Gasteiger partial charge >= 0.3 is 0 Å². The van der Waals surface area contributed by atoms with E-state index in [4.69, 9.17) is 21.4 Å². The maximum atomic E-state index is 11.7. The zero-order valence-corrected chi connectivity index (χ0v) is 11.5. The minimum atomic E-state index is -0.0341. The van der Waals surface area contributed by atoms with Gasteiger partial charge in [0.05, 0.1) is 5.52 Å². The predicted molar refractivity (Wildman–Crippen MR) is 75.8 cm³/mol. The van der Waals surface area contributed by atoms with Gasteiger partial charge in [-0.25, -0.2) is 0 Å². The lowest BCUT2D eigenvalue weighted by Gasteiger charge is -2.05. The summed E-state index contributed by atoms with van der Waals surface area (Å²) in [5, 5.41) is 2.82. The summed E-state index contributed by atoms with van der Waals surface area (Å²) in [6.45, 7) is 3.22. The Bertz CT molecular complexity index is 618. The van der Waals surface area contributed by atoms with Crippen LogP contribution >= 0.6 is 12.2 Å². The molecular weight excluding hydrogens is 264 g/mol. The Balaban J connectivity index is 1.93. The number of aromatic amines is 1. The monoisotopic (exact) mass is 280 g/mol. The van der Waals surface area contributed by atoms with Crippen LogP contribution in [0.2, 0.25) is 0 Å². The highest BCUT2D eigenvalue weighted by atomic mass is 32.1. The van der Waals surface area contributed by atoms with Crippen molar-refractivity contribution in [1.82, 2.24) is 4.98 Å². The summed E-state index contributed by atoms with van der Waals surface area (Å²) < 4.78 is 10.5. The molecule has 0 aliphatic heterocycles. The Labute approximate surface area is 116 Å². The second-order valence-electron chi connectivity index (χ2n) is 4.07. The van der Waals surface area contributed by atoms with Crippen LogP contribution in [0.15, 0.2) is 22.6 Å². The van der Waals surface area contributed by atoms with Gasteiger partial charge in [-0.05, 0) is 37.7 Å². The van der Waals surface area contributed by atoms with Gasteiger partial charge in [0.15, 0.2) is 5.58 Å². The number of anilines is 1. The van der Waals surface area contributed by atoms with Crippen LogP contribution in [0, 0.1) is 4.84 Å². The van der Waals surface area contributed by atoms with Crippen LogP contribution in [-0.2, 0) is 9.53 Å². The second kappa shape index (κ2) is 6.49. The van der Waals surface area contributed by atoms with Gasteiger partial charge in [-0.3, -0.25) is 4.79 Å². The normalized spacial score (nSPS) is 10.8. The number of hydrogen-bond acceptors (Lipinski definition) is 4. The molecule has 0 saturated carbocycles. The smallest absolute Gasteiger partial charge is 0.266 e. The molecule has 2 rings (SSSR count). The Morgan fingerprint density at radius 2 is 2.37 bits per heavy atom. The van der Waals surface area contributed by atoms with Crippen LogP contribution in [0.25, 0.3) is 11.1 Å². The zero-order chi connectivity index (χ0) is 13.7. The van der Waals surface area contributed by atoms with E-state index in [1.807, 2.05) is 19.1 Å². The van der Waals surface area contributed by atoms with Gasteiger partial charge in [-0.1, -0.05) is 0 Å². The molecule has 6 heteroatoms. The number of ether oxygens (including phenoxy) is 1. The summed E-state index contributed by atoms with van der Waals surface area (Å²) in [6, 6.07) is 5.39. The maximum Gasteiger partial charge on any atom is 0.266 e. The molecule has 0 aliphatic rings. The molecule has 1 aromatic heterocycles. The molecule has 0 aliphatic carbocycles. The fourth-order valence-electron chi connectivity index (χ4n) is 1.73. The second-order valence-corrected chi connectivity index (χ2v) is 4.44. The van der Waals surface area contributed by atoms with E-state index in [0.29, 0.717) is 42.2 Å². The number of hydrogen-bond donors (Lipinski definition) is 2. The number of amides is 1. The van der Waals surface area contributed by atoms with E-state index < -0.39 is 0 Å². The predicted octanol–water partition coefficient (Wildman–Crippen LogP) is 3.25. The standard InChI is InChI=1S/C13H16N2O3S/c1-2-17-7-3-4-12(16)14-9-5-6-10-11(8-9)18-13(19)15-10/h5-6,8H,2-4,7H2,1H3,(H,14,16)(H,15,19). The van der Waals surface area contributed by atoms with Gasteiger partial charge in [0.2, 0.25) is 5.91 Å². The molecule has 0 unspecified atom stereocenters. The molecule has 1 amide bonds. The van der Waals surface area contributed by atoms with E-state index in [9.17, 15) is 4.79 Å². The van der Waals surface area contributed by atoms with Crippen LogP contribution in [0.5, 0.6) is 0 Å². The highest BCUT2D eigenvalue weighted by molar-refractivity contribution is 7.71. The molecule has 19 heavy (non-hydrogen) atoms. The Hall–Kier alpha value is -1.66. The molecule has 0 fully saturated rings. The van der Waals surface area contributed by atoms with Gasteiger partial charge in [0.1, 0.15) is 0 Å². The van der Waals surface area contributed by atoms with Crippen molar-refractivity contribution >= 4 is 34.9 Å². The SMILES string of the molecule is CCOCCCC(=O)Nc1ccc2[nH]c(=S)oc2c1. The minimum absolute atomic E-state index is 0.0341. The van der Waals surface area contributed by atoms with E-state index in [1.54, 1.807) is 6.07 Å². The molecule has 0 atom stereocenters. The van der Waals surface area contributed by atoms with E-state index in [2.05, 4.69) is 10.3 Å². The van der Waals surface area contributed by atoms with Crippen molar-refractivity contribution in [3.63, 3.8) is 0 Å². The van der Waals surface area contributed by atoms with Crippen molar-refractivity contribution in [2.24, 2.45) is 0 Å². The fourth-order valence-corrected chi connectivity index (χ4v) is 1.93. The molecule has 0 bridgehead atoms. The van der Waals surface area contributed by atoms with Crippen LogP contribution in [-0.4, -0.2) is 24.1 Å². The molecular formula is C13H16N2O3S. The lowest BCUT2D eigenvalue weighted by Crippen LogP contribution is -2.12. The van der Waals surface area contributed by atoms with Crippen LogP contribution in [0.3, 0.4) is 0 Å². The van der Waals surface area contributed by atoms with Crippen LogP contribution in [0.1, 0.15) is 19.8 Å². The number of rotatable bonds is 6. The maximum absolute atomic E-state index is 11.7. The largest absolute Gasteiger partial charge is 0.429 e. The number of oxazole rings is 1. The average molecular weight is 280 g/mol. The van der Waals surface area contributed by atoms with Gasteiger partial charge < -0.3 is 19.5 Å². The molecule has 102 valence electrons. The first-order valence-electron chi connectivity index (χ1n) is 6.19. The molecule has 0 radical (unpaired) electrons. The number of nitrogens with one attached hydrogen (secondary N) is 2. The number of H-pyrrole nitrogens is 1. The molecule has 5 nitrogen and oxygen atoms in total. The Morgan fingerprint density at radius 3 is 3.16 bits per heavy atom. The van der Waals surface area contributed by atoms with Crippen molar-refractivity contribution < 1.29 is 13.9 Å². The number of benzene rings is 1. The summed E-state index contributed by atoms with van der Waals surface area (Å²) in [5.41, 5.74) is 2.16. The van der Waals surface area contributed by atoms with E-state index in [-0.39, 0.29) is 5.91 Å². The molecule has 2 aromatic rings. The van der Waals surface area contributed by atoms with E-state index >= 15 is 0 Å². The number of fused-ring (bicyclic) bond motifs is 1. The van der Waals surface area contributed by atoms with Crippen molar-refractivity contribution in [2.45, 2.75) is 19.8 Å².